The highest BCUT2D eigenvalue weighted by atomic mass is 32.2. The monoisotopic (exact) mass is 461 g/mol. The molecule has 9 heteroatoms. The van der Waals surface area contributed by atoms with Crippen LogP contribution in [0.5, 0.6) is 0 Å². The quantitative estimate of drug-likeness (QED) is 0.375. The Labute approximate surface area is 189 Å². The highest BCUT2D eigenvalue weighted by Gasteiger charge is 2.23. The van der Waals surface area contributed by atoms with Gasteiger partial charge in [-0.25, -0.2) is 4.98 Å². The van der Waals surface area contributed by atoms with E-state index in [9.17, 15) is 9.59 Å². The van der Waals surface area contributed by atoms with Crippen LogP contribution in [0.2, 0.25) is 0 Å². The zero-order valence-corrected chi connectivity index (χ0v) is 19.7. The fraction of sp³-hybridized carbons (Fsp3) is 0.500. The van der Waals surface area contributed by atoms with Crippen LogP contribution >= 0.6 is 23.1 Å². The molecule has 4 heterocycles. The van der Waals surface area contributed by atoms with Gasteiger partial charge in [0.05, 0.1) is 36.6 Å². The Hall–Kier alpha value is -2.10. The first-order valence-corrected chi connectivity index (χ1v) is 12.3. The van der Waals surface area contributed by atoms with E-state index in [-0.39, 0.29) is 23.3 Å². The van der Waals surface area contributed by atoms with E-state index in [1.54, 1.807) is 40.2 Å². The lowest BCUT2D eigenvalue weighted by Gasteiger charge is -2.18. The molecule has 166 valence electrons. The van der Waals surface area contributed by atoms with Crippen LogP contribution in [0.15, 0.2) is 32.8 Å². The molecule has 0 bridgehead atoms. The number of carbonyl (C=O) groups is 1. The molecule has 1 unspecified atom stereocenters. The number of amides is 1. The van der Waals surface area contributed by atoms with Crippen molar-refractivity contribution in [3.63, 3.8) is 0 Å². The van der Waals surface area contributed by atoms with E-state index in [1.807, 2.05) is 13.0 Å². The number of aromatic nitrogens is 2. The summed E-state index contributed by atoms with van der Waals surface area (Å²) >= 11 is 2.86. The number of nitrogens with zero attached hydrogens (tertiary/aromatic N) is 3. The highest BCUT2D eigenvalue weighted by molar-refractivity contribution is 7.99. The molecule has 31 heavy (non-hydrogen) atoms. The number of ether oxygens (including phenoxy) is 1. The summed E-state index contributed by atoms with van der Waals surface area (Å²) in [6.07, 6.45) is 4.34. The molecule has 0 radical (unpaired) electrons. The Kier molecular flexibility index (Phi) is 6.83. The Morgan fingerprint density at radius 1 is 1.45 bits per heavy atom. The van der Waals surface area contributed by atoms with Gasteiger partial charge in [0, 0.05) is 18.5 Å². The first-order chi connectivity index (χ1) is 15.0. The fourth-order valence-corrected chi connectivity index (χ4v) is 5.99. The van der Waals surface area contributed by atoms with Gasteiger partial charge >= 0.3 is 0 Å². The third-order valence-corrected chi connectivity index (χ3v) is 7.57. The summed E-state index contributed by atoms with van der Waals surface area (Å²) in [5.74, 6) is 0.888. The summed E-state index contributed by atoms with van der Waals surface area (Å²) in [4.78, 5) is 34.5. The standard InChI is InChI=1S/C22H27N3O4S2/c1-4-17-14(2)31-20-19(17)21(27)25(12-16-8-6-10-29-16)22(23-20)30-13-18(26)24(3)11-15-7-5-9-28-15/h5,7,9,16H,4,6,8,10-13H2,1-3H3. The minimum absolute atomic E-state index is 0.0124. The molecule has 0 aliphatic carbocycles. The maximum atomic E-state index is 13.5. The third kappa shape index (κ3) is 4.73. The molecule has 1 fully saturated rings. The van der Waals surface area contributed by atoms with Gasteiger partial charge in [0.1, 0.15) is 10.6 Å². The zero-order chi connectivity index (χ0) is 22.0. The molecule has 1 amide bonds. The molecule has 4 rings (SSSR count). The molecule has 0 aromatic carbocycles. The van der Waals surface area contributed by atoms with Gasteiger partial charge in [0.25, 0.3) is 5.56 Å². The van der Waals surface area contributed by atoms with Crippen LogP contribution in [0, 0.1) is 6.92 Å². The first kappa shape index (κ1) is 22.1. The Morgan fingerprint density at radius 3 is 2.97 bits per heavy atom. The van der Waals surface area contributed by atoms with Crippen LogP contribution in [-0.2, 0) is 29.0 Å². The predicted octanol–water partition coefficient (Wildman–Crippen LogP) is 3.85. The van der Waals surface area contributed by atoms with E-state index < -0.39 is 0 Å². The number of carbonyl (C=O) groups excluding carboxylic acids is 1. The molecular formula is C22H27N3O4S2. The Balaban J connectivity index is 1.60. The normalized spacial score (nSPS) is 16.3. The molecule has 1 aliphatic rings. The number of thioether (sulfide) groups is 1. The average Bonchev–Trinajstić information content (AvgIpc) is 3.50. The third-order valence-electron chi connectivity index (χ3n) is 5.56. The van der Waals surface area contributed by atoms with E-state index in [2.05, 4.69) is 6.92 Å². The van der Waals surface area contributed by atoms with Crippen molar-refractivity contribution in [2.75, 3.05) is 19.4 Å². The Bertz CT molecular complexity index is 1110. The molecule has 0 spiro atoms. The lowest BCUT2D eigenvalue weighted by molar-refractivity contribution is -0.127. The van der Waals surface area contributed by atoms with Crippen molar-refractivity contribution in [1.82, 2.24) is 14.5 Å². The van der Waals surface area contributed by atoms with Crippen LogP contribution in [0.3, 0.4) is 0 Å². The predicted molar refractivity (Wildman–Crippen MR) is 123 cm³/mol. The van der Waals surface area contributed by atoms with Gasteiger partial charge in [-0.15, -0.1) is 11.3 Å². The van der Waals surface area contributed by atoms with Crippen LogP contribution in [0.4, 0.5) is 0 Å². The molecule has 1 saturated heterocycles. The van der Waals surface area contributed by atoms with Gasteiger partial charge in [-0.05, 0) is 43.9 Å². The van der Waals surface area contributed by atoms with Gasteiger partial charge in [-0.2, -0.15) is 0 Å². The van der Waals surface area contributed by atoms with Gasteiger partial charge < -0.3 is 14.1 Å². The van der Waals surface area contributed by atoms with Crippen LogP contribution < -0.4 is 5.56 Å². The second kappa shape index (κ2) is 9.58. The van der Waals surface area contributed by atoms with Gasteiger partial charge in [0.15, 0.2) is 5.16 Å². The minimum atomic E-state index is -0.0454. The molecule has 7 nitrogen and oxygen atoms in total. The average molecular weight is 462 g/mol. The second-order valence-corrected chi connectivity index (χ2v) is 9.88. The van der Waals surface area contributed by atoms with Crippen molar-refractivity contribution in [3.8, 4) is 0 Å². The SMILES string of the molecule is CCc1c(C)sc2nc(SCC(=O)N(C)Cc3ccco3)n(CC3CCCO3)c(=O)c12. The molecule has 1 aliphatic heterocycles. The van der Waals surface area contributed by atoms with E-state index in [0.717, 1.165) is 46.9 Å². The van der Waals surface area contributed by atoms with Crippen molar-refractivity contribution in [1.29, 1.82) is 0 Å². The van der Waals surface area contributed by atoms with Crippen molar-refractivity contribution < 1.29 is 13.9 Å². The summed E-state index contributed by atoms with van der Waals surface area (Å²) in [6.45, 7) is 5.71. The molecule has 0 N–H and O–H groups in total. The van der Waals surface area contributed by atoms with Crippen molar-refractivity contribution in [3.05, 3.63) is 45.0 Å². The largest absolute Gasteiger partial charge is 0.467 e. The van der Waals surface area contributed by atoms with Crippen molar-refractivity contribution >= 4 is 39.2 Å². The van der Waals surface area contributed by atoms with Crippen LogP contribution in [-0.4, -0.2) is 45.9 Å². The van der Waals surface area contributed by atoms with Crippen LogP contribution in [0.1, 0.15) is 36.0 Å². The Morgan fingerprint density at radius 2 is 2.29 bits per heavy atom. The summed E-state index contributed by atoms with van der Waals surface area (Å²) < 4.78 is 12.8. The number of thiophene rings is 1. The maximum absolute atomic E-state index is 13.5. The minimum Gasteiger partial charge on any atom is -0.467 e. The van der Waals surface area contributed by atoms with Gasteiger partial charge in [0.2, 0.25) is 5.91 Å². The number of hydrogen-bond acceptors (Lipinski definition) is 7. The lowest BCUT2D eigenvalue weighted by atomic mass is 10.1. The number of furan rings is 1. The summed E-state index contributed by atoms with van der Waals surface area (Å²) in [7, 11) is 1.75. The molecule has 1 atom stereocenters. The van der Waals surface area contributed by atoms with E-state index in [4.69, 9.17) is 14.1 Å². The summed E-state index contributed by atoms with van der Waals surface area (Å²) in [6, 6.07) is 3.65. The first-order valence-electron chi connectivity index (χ1n) is 10.5. The van der Waals surface area contributed by atoms with E-state index in [1.165, 1.54) is 11.8 Å². The molecule has 3 aromatic heterocycles. The van der Waals surface area contributed by atoms with Gasteiger partial charge in [-0.3, -0.25) is 14.2 Å². The van der Waals surface area contributed by atoms with E-state index in [0.29, 0.717) is 23.6 Å². The number of rotatable bonds is 8. The van der Waals surface area contributed by atoms with Crippen molar-refractivity contribution in [2.24, 2.45) is 0 Å². The maximum Gasteiger partial charge on any atom is 0.263 e. The molecule has 3 aromatic rings. The van der Waals surface area contributed by atoms with Crippen LogP contribution in [0.25, 0.3) is 10.2 Å². The smallest absolute Gasteiger partial charge is 0.263 e. The fourth-order valence-electron chi connectivity index (χ4n) is 3.88. The lowest BCUT2D eigenvalue weighted by Crippen LogP contribution is -2.30. The molecule has 0 saturated carbocycles. The number of fused-ring (bicyclic) bond motifs is 1. The highest BCUT2D eigenvalue weighted by Crippen LogP contribution is 2.30. The van der Waals surface area contributed by atoms with E-state index >= 15 is 0 Å². The topological polar surface area (TPSA) is 77.6 Å². The summed E-state index contributed by atoms with van der Waals surface area (Å²) in [5, 5.41) is 1.30. The summed E-state index contributed by atoms with van der Waals surface area (Å²) in [5.41, 5.74) is 1.05. The number of hydrogen-bond donors (Lipinski definition) is 0. The molecular weight excluding hydrogens is 434 g/mol. The van der Waals surface area contributed by atoms with Crippen molar-refractivity contribution in [2.45, 2.75) is 57.5 Å². The van der Waals surface area contributed by atoms with Gasteiger partial charge in [-0.1, -0.05) is 18.7 Å². The number of aryl methyl sites for hydroxylation is 2. The second-order valence-electron chi connectivity index (χ2n) is 7.73. The zero-order valence-electron chi connectivity index (χ0n) is 18.1.